The van der Waals surface area contributed by atoms with Gasteiger partial charge in [0.15, 0.2) is 10.8 Å². The number of oxime groups is 1. The van der Waals surface area contributed by atoms with Crippen molar-refractivity contribution in [1.29, 1.82) is 0 Å². The number of allylic oxidation sites excluding steroid dienone is 1. The highest BCUT2D eigenvalue weighted by Crippen LogP contribution is 2.50. The van der Waals surface area contributed by atoms with E-state index in [1.54, 1.807) is 19.2 Å². The van der Waals surface area contributed by atoms with Crippen molar-refractivity contribution in [3.05, 3.63) is 23.2 Å². The molecule has 1 aliphatic carbocycles. The third-order valence-electron chi connectivity index (χ3n) is 5.43. The molecule has 3 aliphatic rings. The molecule has 1 unspecified atom stereocenters. The van der Waals surface area contributed by atoms with E-state index >= 15 is 0 Å². The highest BCUT2D eigenvalue weighted by atomic mass is 32.2. The summed E-state index contributed by atoms with van der Waals surface area (Å²) >= 11 is 2.51. The predicted molar refractivity (Wildman–Crippen MR) is 117 cm³/mol. The summed E-state index contributed by atoms with van der Waals surface area (Å²) in [7, 11) is 0. The van der Waals surface area contributed by atoms with Gasteiger partial charge in [-0.2, -0.15) is 0 Å². The van der Waals surface area contributed by atoms with Crippen molar-refractivity contribution in [2.24, 2.45) is 5.16 Å². The number of fused-ring (bicyclic) bond motifs is 1. The molecule has 3 heterocycles. The van der Waals surface area contributed by atoms with Gasteiger partial charge in [-0.05, 0) is 39.2 Å². The summed E-state index contributed by atoms with van der Waals surface area (Å²) in [6, 6.07) is -1.80. The molecule has 10 nitrogen and oxygen atoms in total. The number of carboxylic acids is 1. The smallest absolute Gasteiger partial charge is 0.327 e. The second-order valence-corrected chi connectivity index (χ2v) is 10.7. The van der Waals surface area contributed by atoms with Crippen LogP contribution in [-0.4, -0.2) is 66.8 Å². The van der Waals surface area contributed by atoms with E-state index in [2.05, 4.69) is 15.5 Å². The molecule has 1 aromatic heterocycles. The number of carbonyl (C=O) groups excluding carboxylic acids is 2. The molecular weight excluding hydrogens is 442 g/mol. The van der Waals surface area contributed by atoms with Crippen LogP contribution in [0, 0.1) is 0 Å². The SMILES string of the molecule is CC1(C)S[C@@H]2[C@@H](NC(=O)C(=NOC3C=CCCC3)c3csc(N)n3)C(=O)N2[C@H]1C(=O)O. The molecule has 2 aliphatic heterocycles. The lowest BCUT2D eigenvalue weighted by atomic mass is 9.96. The van der Waals surface area contributed by atoms with Crippen LogP contribution >= 0.6 is 23.1 Å². The molecule has 12 heteroatoms. The Kier molecular flexibility index (Phi) is 5.69. The number of carbonyl (C=O) groups is 3. The molecule has 0 bridgehead atoms. The number of thiazole rings is 1. The zero-order chi connectivity index (χ0) is 22.3. The van der Waals surface area contributed by atoms with E-state index in [0.717, 1.165) is 30.6 Å². The number of hydrogen-bond donors (Lipinski definition) is 3. The van der Waals surface area contributed by atoms with Crippen molar-refractivity contribution >= 4 is 51.7 Å². The van der Waals surface area contributed by atoms with E-state index in [-0.39, 0.29) is 22.6 Å². The van der Waals surface area contributed by atoms with E-state index in [0.29, 0.717) is 0 Å². The minimum Gasteiger partial charge on any atom is -0.480 e. The number of β-lactam (4-membered cyclic amide) rings is 1. The summed E-state index contributed by atoms with van der Waals surface area (Å²) < 4.78 is -0.678. The molecule has 4 N–H and O–H groups in total. The lowest BCUT2D eigenvalue weighted by Gasteiger charge is -2.43. The lowest BCUT2D eigenvalue weighted by molar-refractivity contribution is -0.160. The quantitative estimate of drug-likeness (QED) is 0.246. The maximum absolute atomic E-state index is 13.0. The van der Waals surface area contributed by atoms with Crippen molar-refractivity contribution in [3.8, 4) is 0 Å². The van der Waals surface area contributed by atoms with Crippen molar-refractivity contribution in [1.82, 2.24) is 15.2 Å². The number of carboxylic acid groups (broad SMARTS) is 1. The Bertz CT molecular complexity index is 975. The van der Waals surface area contributed by atoms with Crippen LogP contribution in [0.2, 0.25) is 0 Å². The van der Waals surface area contributed by atoms with E-state index in [4.69, 9.17) is 10.6 Å². The molecule has 1 aromatic rings. The first-order valence-corrected chi connectivity index (χ1v) is 11.6. The monoisotopic (exact) mass is 465 g/mol. The van der Waals surface area contributed by atoms with Crippen LogP contribution in [0.4, 0.5) is 5.13 Å². The van der Waals surface area contributed by atoms with Crippen LogP contribution in [0.1, 0.15) is 38.8 Å². The average molecular weight is 466 g/mol. The van der Waals surface area contributed by atoms with Gasteiger partial charge in [-0.1, -0.05) is 11.2 Å². The highest BCUT2D eigenvalue weighted by Gasteiger charge is 2.64. The number of nitrogen functional groups attached to an aromatic ring is 1. The predicted octanol–water partition coefficient (Wildman–Crippen LogP) is 1.19. The number of nitrogens with two attached hydrogens (primary N) is 1. The minimum absolute atomic E-state index is 0.0739. The minimum atomic E-state index is -1.06. The summed E-state index contributed by atoms with van der Waals surface area (Å²) in [4.78, 5) is 48.3. The van der Waals surface area contributed by atoms with E-state index < -0.39 is 40.0 Å². The van der Waals surface area contributed by atoms with Gasteiger partial charge in [-0.25, -0.2) is 9.78 Å². The topological polar surface area (TPSA) is 147 Å². The highest BCUT2D eigenvalue weighted by molar-refractivity contribution is 8.01. The number of hydrogen-bond acceptors (Lipinski definition) is 9. The zero-order valence-corrected chi connectivity index (χ0v) is 18.6. The van der Waals surface area contributed by atoms with Gasteiger partial charge in [-0.15, -0.1) is 23.1 Å². The van der Waals surface area contributed by atoms with Crippen LogP contribution in [0.15, 0.2) is 22.7 Å². The van der Waals surface area contributed by atoms with Crippen LogP contribution in [-0.2, 0) is 19.2 Å². The number of aliphatic carboxylic acids is 1. The Hall–Kier alpha value is -2.60. The van der Waals surface area contributed by atoms with Gasteiger partial charge in [0.1, 0.15) is 29.3 Å². The maximum atomic E-state index is 13.0. The average Bonchev–Trinajstić information content (AvgIpc) is 3.25. The van der Waals surface area contributed by atoms with Crippen LogP contribution < -0.4 is 11.1 Å². The fourth-order valence-corrected chi connectivity index (χ4v) is 6.12. The summed E-state index contributed by atoms with van der Waals surface area (Å²) in [5.41, 5.74) is 5.89. The van der Waals surface area contributed by atoms with Gasteiger partial charge in [0, 0.05) is 10.1 Å². The van der Waals surface area contributed by atoms with E-state index in [1.165, 1.54) is 16.7 Å². The van der Waals surface area contributed by atoms with Crippen molar-refractivity contribution < 1.29 is 24.3 Å². The molecule has 2 saturated heterocycles. The van der Waals surface area contributed by atoms with Crippen LogP contribution in [0.25, 0.3) is 0 Å². The Morgan fingerprint density at radius 3 is 2.84 bits per heavy atom. The number of nitrogens with one attached hydrogen (secondary N) is 1. The third-order valence-corrected chi connectivity index (χ3v) is 7.68. The van der Waals surface area contributed by atoms with E-state index in [1.807, 2.05) is 12.2 Å². The molecule has 0 saturated carbocycles. The molecular formula is C19H23N5O5S2. The summed E-state index contributed by atoms with van der Waals surface area (Å²) in [6.45, 7) is 3.55. The first-order chi connectivity index (χ1) is 14.7. The molecule has 31 heavy (non-hydrogen) atoms. The normalized spacial score (nSPS) is 29.3. The largest absolute Gasteiger partial charge is 0.480 e. The lowest BCUT2D eigenvalue weighted by Crippen LogP contribution is -2.71. The molecule has 0 aromatic carbocycles. The number of thioether (sulfide) groups is 1. The second-order valence-electron chi connectivity index (χ2n) is 8.06. The van der Waals surface area contributed by atoms with Gasteiger partial charge in [0.05, 0.1) is 0 Å². The first kappa shape index (κ1) is 21.6. The molecule has 166 valence electrons. The first-order valence-electron chi connectivity index (χ1n) is 9.84. The van der Waals surface area contributed by atoms with Crippen molar-refractivity contribution in [2.75, 3.05) is 5.73 Å². The Labute approximate surface area is 186 Å². The van der Waals surface area contributed by atoms with Gasteiger partial charge < -0.3 is 25.9 Å². The Morgan fingerprint density at radius 2 is 2.23 bits per heavy atom. The number of amides is 2. The number of aromatic nitrogens is 1. The Balaban J connectivity index is 1.52. The van der Waals surface area contributed by atoms with Crippen LogP contribution in [0.3, 0.4) is 0 Å². The molecule has 0 spiro atoms. The Morgan fingerprint density at radius 1 is 1.45 bits per heavy atom. The van der Waals surface area contributed by atoms with Crippen molar-refractivity contribution in [2.45, 2.75) is 61.4 Å². The number of anilines is 1. The summed E-state index contributed by atoms with van der Waals surface area (Å²) in [6.07, 6.45) is 6.39. The van der Waals surface area contributed by atoms with Gasteiger partial charge in [0.2, 0.25) is 5.91 Å². The molecule has 4 rings (SSSR count). The summed E-state index contributed by atoms with van der Waals surface area (Å²) in [5, 5.41) is 17.7. The fourth-order valence-electron chi connectivity index (χ4n) is 3.95. The van der Waals surface area contributed by atoms with Crippen LogP contribution in [0.5, 0.6) is 0 Å². The maximum Gasteiger partial charge on any atom is 0.327 e. The second kappa shape index (κ2) is 8.15. The summed E-state index contributed by atoms with van der Waals surface area (Å²) in [5.74, 6) is -2.12. The van der Waals surface area contributed by atoms with Gasteiger partial charge in [0.25, 0.3) is 5.91 Å². The molecule has 2 fully saturated rings. The van der Waals surface area contributed by atoms with Gasteiger partial charge in [-0.3, -0.25) is 9.59 Å². The standard InChI is InChI=1S/C19H23N5O5S2/c1-19(2)13(17(27)28)24-15(26)12(16(24)31-19)22-14(25)11(10-8-30-18(20)21-10)23-29-9-6-4-3-5-7-9/h4,6,8-9,12-13,16H,3,5,7H2,1-2H3,(H2,20,21)(H,22,25)(H,27,28)/t9?,12-,13-,16+/m0/s1. The zero-order valence-electron chi connectivity index (χ0n) is 17.0. The van der Waals surface area contributed by atoms with E-state index in [9.17, 15) is 19.5 Å². The van der Waals surface area contributed by atoms with Gasteiger partial charge >= 0.3 is 5.97 Å². The number of rotatable bonds is 6. The fraction of sp³-hybridized carbons (Fsp3) is 0.526. The van der Waals surface area contributed by atoms with Crippen molar-refractivity contribution in [3.63, 3.8) is 0 Å². The third kappa shape index (κ3) is 4.01. The molecule has 2 amide bonds. The molecule has 0 radical (unpaired) electrons. The molecule has 4 atom stereocenters. The number of nitrogens with zero attached hydrogens (tertiary/aromatic N) is 3.